The van der Waals surface area contributed by atoms with Gasteiger partial charge in [-0.2, -0.15) is 0 Å². The van der Waals surface area contributed by atoms with Crippen LogP contribution in [-0.2, 0) is 0 Å². The third kappa shape index (κ3) is 1.55. The molecular formula is C10H10ClN3. The minimum atomic E-state index is 0.275. The number of nitrogens with zero attached hydrogens (tertiary/aromatic N) is 3. The van der Waals surface area contributed by atoms with E-state index in [9.17, 15) is 0 Å². The zero-order valence-corrected chi connectivity index (χ0v) is 8.78. The lowest BCUT2D eigenvalue weighted by atomic mass is 10.2. The van der Waals surface area contributed by atoms with Gasteiger partial charge in [-0.05, 0) is 12.1 Å². The molecule has 0 N–H and O–H groups in total. The Morgan fingerprint density at radius 3 is 2.79 bits per heavy atom. The SMILES string of the molecule is CC(C)c1nc(Cl)c2ncccc2n1. The van der Waals surface area contributed by atoms with Gasteiger partial charge in [-0.1, -0.05) is 25.4 Å². The highest BCUT2D eigenvalue weighted by atomic mass is 35.5. The monoisotopic (exact) mass is 207 g/mol. The topological polar surface area (TPSA) is 38.7 Å². The van der Waals surface area contributed by atoms with Gasteiger partial charge in [0.05, 0.1) is 5.52 Å². The van der Waals surface area contributed by atoms with Gasteiger partial charge in [-0.3, -0.25) is 4.98 Å². The predicted octanol–water partition coefficient (Wildman–Crippen LogP) is 2.80. The van der Waals surface area contributed by atoms with Crippen molar-refractivity contribution in [2.45, 2.75) is 19.8 Å². The van der Waals surface area contributed by atoms with E-state index in [-0.39, 0.29) is 5.92 Å². The van der Waals surface area contributed by atoms with E-state index < -0.39 is 0 Å². The molecule has 2 aromatic rings. The van der Waals surface area contributed by atoms with Crippen LogP contribution in [-0.4, -0.2) is 15.0 Å². The Labute approximate surface area is 87.2 Å². The van der Waals surface area contributed by atoms with E-state index in [0.717, 1.165) is 11.3 Å². The van der Waals surface area contributed by atoms with Crippen LogP contribution in [0.2, 0.25) is 5.15 Å². The van der Waals surface area contributed by atoms with Crippen molar-refractivity contribution in [1.29, 1.82) is 0 Å². The lowest BCUT2D eigenvalue weighted by Crippen LogP contribution is -1.99. The van der Waals surface area contributed by atoms with Gasteiger partial charge in [0.2, 0.25) is 0 Å². The summed E-state index contributed by atoms with van der Waals surface area (Å²) in [4.78, 5) is 12.7. The van der Waals surface area contributed by atoms with Gasteiger partial charge >= 0.3 is 0 Å². The first-order chi connectivity index (χ1) is 6.68. The molecule has 0 aliphatic carbocycles. The summed E-state index contributed by atoms with van der Waals surface area (Å²) < 4.78 is 0. The fourth-order valence-electron chi connectivity index (χ4n) is 1.21. The van der Waals surface area contributed by atoms with Gasteiger partial charge < -0.3 is 0 Å². The first-order valence-electron chi connectivity index (χ1n) is 4.46. The Kier molecular flexibility index (Phi) is 2.33. The van der Waals surface area contributed by atoms with E-state index in [1.807, 2.05) is 26.0 Å². The lowest BCUT2D eigenvalue weighted by molar-refractivity contribution is 0.782. The Balaban J connectivity index is 2.72. The third-order valence-electron chi connectivity index (χ3n) is 1.95. The lowest BCUT2D eigenvalue weighted by Gasteiger charge is -2.05. The van der Waals surface area contributed by atoms with E-state index >= 15 is 0 Å². The maximum atomic E-state index is 5.99. The van der Waals surface area contributed by atoms with Crippen molar-refractivity contribution in [3.05, 3.63) is 29.3 Å². The average Bonchev–Trinajstić information content (AvgIpc) is 2.17. The molecule has 0 radical (unpaired) electrons. The number of pyridine rings is 1. The summed E-state index contributed by atoms with van der Waals surface area (Å²) in [5.41, 5.74) is 1.47. The number of rotatable bonds is 1. The molecule has 0 aliphatic heterocycles. The second-order valence-electron chi connectivity index (χ2n) is 3.40. The molecule has 0 aliphatic rings. The van der Waals surface area contributed by atoms with Gasteiger partial charge in [-0.25, -0.2) is 9.97 Å². The van der Waals surface area contributed by atoms with E-state index in [2.05, 4.69) is 15.0 Å². The van der Waals surface area contributed by atoms with Crippen molar-refractivity contribution >= 4 is 22.6 Å². The van der Waals surface area contributed by atoms with Gasteiger partial charge in [0, 0.05) is 12.1 Å². The summed E-state index contributed by atoms with van der Waals surface area (Å²) in [7, 11) is 0. The smallest absolute Gasteiger partial charge is 0.159 e. The first kappa shape index (κ1) is 9.34. The van der Waals surface area contributed by atoms with Crippen molar-refractivity contribution in [3.63, 3.8) is 0 Å². The summed E-state index contributed by atoms with van der Waals surface area (Å²) in [6.07, 6.45) is 1.69. The van der Waals surface area contributed by atoms with Crippen LogP contribution in [0.5, 0.6) is 0 Å². The van der Waals surface area contributed by atoms with Crippen LogP contribution in [0.1, 0.15) is 25.6 Å². The molecule has 0 saturated heterocycles. The molecule has 0 bridgehead atoms. The quantitative estimate of drug-likeness (QED) is 0.675. The van der Waals surface area contributed by atoms with Crippen LogP contribution in [0, 0.1) is 0 Å². The highest BCUT2D eigenvalue weighted by molar-refractivity contribution is 6.33. The maximum absolute atomic E-state index is 5.99. The zero-order chi connectivity index (χ0) is 10.1. The summed E-state index contributed by atoms with van der Waals surface area (Å²) in [5, 5.41) is 0.430. The Morgan fingerprint density at radius 1 is 1.29 bits per heavy atom. The molecule has 0 amide bonds. The first-order valence-corrected chi connectivity index (χ1v) is 4.84. The number of halogens is 1. The molecule has 0 aromatic carbocycles. The van der Waals surface area contributed by atoms with Gasteiger partial charge in [0.15, 0.2) is 5.15 Å². The van der Waals surface area contributed by atoms with E-state index in [0.29, 0.717) is 10.7 Å². The molecule has 2 aromatic heterocycles. The molecule has 3 nitrogen and oxygen atoms in total. The molecule has 2 heterocycles. The minimum Gasteiger partial charge on any atom is -0.251 e. The van der Waals surface area contributed by atoms with Crippen molar-refractivity contribution in [2.24, 2.45) is 0 Å². The van der Waals surface area contributed by atoms with Gasteiger partial charge in [0.1, 0.15) is 11.3 Å². The number of hydrogen-bond acceptors (Lipinski definition) is 3. The van der Waals surface area contributed by atoms with Crippen LogP contribution in [0.25, 0.3) is 11.0 Å². The number of aromatic nitrogens is 3. The summed E-state index contributed by atoms with van der Waals surface area (Å²) >= 11 is 5.99. The normalized spacial score (nSPS) is 11.1. The molecule has 4 heteroatoms. The summed E-state index contributed by atoms with van der Waals surface area (Å²) in [6.45, 7) is 4.07. The molecule has 0 saturated carbocycles. The fourth-order valence-corrected chi connectivity index (χ4v) is 1.44. The minimum absolute atomic E-state index is 0.275. The number of hydrogen-bond donors (Lipinski definition) is 0. The Bertz CT molecular complexity index is 468. The Hall–Kier alpha value is -1.22. The standard InChI is InChI=1S/C10H10ClN3/c1-6(2)10-13-7-4-3-5-12-8(7)9(11)14-10/h3-6H,1-2H3. The zero-order valence-electron chi connectivity index (χ0n) is 8.03. The average molecular weight is 208 g/mol. The molecule has 0 atom stereocenters. The molecule has 2 rings (SSSR count). The van der Waals surface area contributed by atoms with E-state index in [4.69, 9.17) is 11.6 Å². The van der Waals surface area contributed by atoms with E-state index in [1.165, 1.54) is 0 Å². The largest absolute Gasteiger partial charge is 0.251 e. The molecule has 72 valence electrons. The van der Waals surface area contributed by atoms with E-state index in [1.54, 1.807) is 6.20 Å². The fraction of sp³-hybridized carbons (Fsp3) is 0.300. The van der Waals surface area contributed by atoms with Gasteiger partial charge in [0.25, 0.3) is 0 Å². The van der Waals surface area contributed by atoms with Crippen molar-refractivity contribution in [3.8, 4) is 0 Å². The predicted molar refractivity (Wildman–Crippen MR) is 56.4 cm³/mol. The second kappa shape index (κ2) is 3.50. The molecule has 14 heavy (non-hydrogen) atoms. The maximum Gasteiger partial charge on any atom is 0.159 e. The highest BCUT2D eigenvalue weighted by Crippen LogP contribution is 2.20. The van der Waals surface area contributed by atoms with Gasteiger partial charge in [-0.15, -0.1) is 0 Å². The summed E-state index contributed by atoms with van der Waals surface area (Å²) in [6, 6.07) is 3.73. The summed E-state index contributed by atoms with van der Waals surface area (Å²) in [5.74, 6) is 1.03. The third-order valence-corrected chi connectivity index (χ3v) is 2.21. The van der Waals surface area contributed by atoms with Crippen LogP contribution in [0.15, 0.2) is 18.3 Å². The van der Waals surface area contributed by atoms with Crippen molar-refractivity contribution < 1.29 is 0 Å². The van der Waals surface area contributed by atoms with Crippen LogP contribution < -0.4 is 0 Å². The van der Waals surface area contributed by atoms with Crippen molar-refractivity contribution in [2.75, 3.05) is 0 Å². The highest BCUT2D eigenvalue weighted by Gasteiger charge is 2.08. The number of fused-ring (bicyclic) bond motifs is 1. The van der Waals surface area contributed by atoms with Crippen LogP contribution in [0.4, 0.5) is 0 Å². The molecular weight excluding hydrogens is 198 g/mol. The molecule has 0 spiro atoms. The van der Waals surface area contributed by atoms with Crippen molar-refractivity contribution in [1.82, 2.24) is 15.0 Å². The van der Waals surface area contributed by atoms with Crippen LogP contribution >= 0.6 is 11.6 Å². The second-order valence-corrected chi connectivity index (χ2v) is 3.76. The van der Waals surface area contributed by atoms with Crippen LogP contribution in [0.3, 0.4) is 0 Å². The Morgan fingerprint density at radius 2 is 2.07 bits per heavy atom. The molecule has 0 fully saturated rings. The molecule has 0 unspecified atom stereocenters.